The average Bonchev–Trinajstić information content (AvgIpc) is 2.84. The van der Waals surface area contributed by atoms with Gasteiger partial charge in [-0.1, -0.05) is 142 Å². The van der Waals surface area contributed by atoms with E-state index < -0.39 is 5.97 Å². The number of unbranched alkanes of at least 4 members (excludes halogenated alkanes) is 22. The summed E-state index contributed by atoms with van der Waals surface area (Å²) in [7, 11) is 0. The zero-order valence-electron chi connectivity index (χ0n) is 24.3. The summed E-state index contributed by atoms with van der Waals surface area (Å²) in [5.41, 5.74) is 0. The topological polar surface area (TPSA) is 63.6 Å². The highest BCUT2D eigenvalue weighted by Gasteiger charge is 2.09. The first-order valence-electron chi connectivity index (χ1n) is 16.0. The van der Waals surface area contributed by atoms with Crippen LogP contribution in [0.5, 0.6) is 0 Å². The predicted octanol–water partition coefficient (Wildman–Crippen LogP) is 10.6. The normalized spacial score (nSPS) is 12.1. The van der Waals surface area contributed by atoms with Gasteiger partial charge in [0.1, 0.15) is 0 Å². The maximum atomic E-state index is 12.0. The Hall–Kier alpha value is -1.06. The summed E-state index contributed by atoms with van der Waals surface area (Å²) >= 11 is 0. The summed E-state index contributed by atoms with van der Waals surface area (Å²) in [6.45, 7) is 4.31. The lowest BCUT2D eigenvalue weighted by Crippen LogP contribution is -2.14. The maximum Gasteiger partial charge on any atom is 0.306 e. The Labute approximate surface area is 224 Å². The third kappa shape index (κ3) is 29.2. The third-order valence-electron chi connectivity index (χ3n) is 7.32. The molecular formula is C32H62O4. The van der Waals surface area contributed by atoms with Gasteiger partial charge in [0, 0.05) is 12.8 Å². The number of ether oxygens (including phenoxy) is 1. The minimum Gasteiger partial charge on any atom is -0.481 e. The van der Waals surface area contributed by atoms with Crippen LogP contribution in [0.1, 0.15) is 187 Å². The molecule has 0 saturated heterocycles. The molecule has 0 aliphatic rings. The quantitative estimate of drug-likeness (QED) is 0.0802. The zero-order valence-corrected chi connectivity index (χ0v) is 24.3. The van der Waals surface area contributed by atoms with E-state index in [1.165, 1.54) is 122 Å². The molecule has 36 heavy (non-hydrogen) atoms. The summed E-state index contributed by atoms with van der Waals surface area (Å²) in [4.78, 5) is 22.5. The van der Waals surface area contributed by atoms with Gasteiger partial charge in [0.05, 0.1) is 6.10 Å². The molecule has 0 spiro atoms. The van der Waals surface area contributed by atoms with E-state index >= 15 is 0 Å². The standard InChI is InChI=1S/C32H62O4/c1-3-4-5-6-7-8-12-17-20-23-26-29-32(35)36-30(2)27-24-21-18-15-13-10-9-11-14-16-19-22-25-28-31(33)34/h30H,3-29H2,1-2H3,(H,33,34). The van der Waals surface area contributed by atoms with Crippen molar-refractivity contribution in [2.75, 3.05) is 0 Å². The van der Waals surface area contributed by atoms with E-state index in [1.807, 2.05) is 6.92 Å². The van der Waals surface area contributed by atoms with E-state index in [4.69, 9.17) is 9.84 Å². The van der Waals surface area contributed by atoms with Crippen LogP contribution >= 0.6 is 0 Å². The molecular weight excluding hydrogens is 448 g/mol. The number of rotatable bonds is 29. The molecule has 0 aliphatic heterocycles. The highest BCUT2D eigenvalue weighted by atomic mass is 16.5. The number of hydrogen-bond donors (Lipinski definition) is 1. The Morgan fingerprint density at radius 3 is 1.25 bits per heavy atom. The number of carbonyl (C=O) groups excluding carboxylic acids is 1. The van der Waals surface area contributed by atoms with Crippen molar-refractivity contribution >= 4 is 11.9 Å². The highest BCUT2D eigenvalue weighted by Crippen LogP contribution is 2.15. The van der Waals surface area contributed by atoms with E-state index in [9.17, 15) is 9.59 Å². The van der Waals surface area contributed by atoms with Crippen molar-refractivity contribution in [1.82, 2.24) is 0 Å². The van der Waals surface area contributed by atoms with Crippen LogP contribution < -0.4 is 0 Å². The minimum absolute atomic E-state index is 0.00122. The second kappa shape index (κ2) is 28.5. The summed E-state index contributed by atoms with van der Waals surface area (Å²) in [6.07, 6.45) is 32.3. The molecule has 1 atom stereocenters. The van der Waals surface area contributed by atoms with Gasteiger partial charge in [0.15, 0.2) is 0 Å². The molecule has 0 amide bonds. The Bertz CT molecular complexity index is 477. The fourth-order valence-corrected chi connectivity index (χ4v) is 4.93. The van der Waals surface area contributed by atoms with E-state index in [0.717, 1.165) is 38.5 Å². The van der Waals surface area contributed by atoms with E-state index in [2.05, 4.69) is 6.92 Å². The summed E-state index contributed by atoms with van der Waals surface area (Å²) in [5, 5.41) is 8.62. The molecule has 0 aliphatic carbocycles. The Kier molecular flexibility index (Phi) is 27.7. The Morgan fingerprint density at radius 2 is 0.861 bits per heavy atom. The van der Waals surface area contributed by atoms with Crippen molar-refractivity contribution in [3.8, 4) is 0 Å². The largest absolute Gasteiger partial charge is 0.481 e. The van der Waals surface area contributed by atoms with Gasteiger partial charge in [0.25, 0.3) is 0 Å². The van der Waals surface area contributed by atoms with Gasteiger partial charge in [-0.2, -0.15) is 0 Å². The molecule has 0 bridgehead atoms. The van der Waals surface area contributed by atoms with Gasteiger partial charge in [-0.05, 0) is 32.6 Å². The molecule has 0 rings (SSSR count). The van der Waals surface area contributed by atoms with E-state index in [1.54, 1.807) is 0 Å². The minimum atomic E-state index is -0.669. The van der Waals surface area contributed by atoms with Gasteiger partial charge in [-0.15, -0.1) is 0 Å². The van der Waals surface area contributed by atoms with Crippen molar-refractivity contribution in [2.24, 2.45) is 0 Å². The number of esters is 1. The lowest BCUT2D eigenvalue weighted by atomic mass is 10.0. The van der Waals surface area contributed by atoms with Gasteiger partial charge >= 0.3 is 11.9 Å². The average molecular weight is 511 g/mol. The van der Waals surface area contributed by atoms with Crippen molar-refractivity contribution in [1.29, 1.82) is 0 Å². The molecule has 1 unspecified atom stereocenters. The maximum absolute atomic E-state index is 12.0. The SMILES string of the molecule is CCCCCCCCCCCCCC(=O)OC(C)CCCCCCCCCCCCCCCC(=O)O. The number of carbonyl (C=O) groups is 2. The highest BCUT2D eigenvalue weighted by molar-refractivity contribution is 5.69. The second-order valence-electron chi connectivity index (χ2n) is 11.1. The molecule has 214 valence electrons. The first kappa shape index (κ1) is 34.9. The van der Waals surface area contributed by atoms with Crippen LogP contribution in [0.3, 0.4) is 0 Å². The van der Waals surface area contributed by atoms with Crippen LogP contribution in [-0.2, 0) is 14.3 Å². The third-order valence-corrected chi connectivity index (χ3v) is 7.32. The predicted molar refractivity (Wildman–Crippen MR) is 154 cm³/mol. The van der Waals surface area contributed by atoms with Crippen LogP contribution in [0, 0.1) is 0 Å². The van der Waals surface area contributed by atoms with Crippen molar-refractivity contribution in [3.05, 3.63) is 0 Å². The molecule has 0 radical (unpaired) electrons. The molecule has 0 aromatic heterocycles. The van der Waals surface area contributed by atoms with Gasteiger partial charge in [0.2, 0.25) is 0 Å². The summed E-state index contributed by atoms with van der Waals surface area (Å²) in [5.74, 6) is -0.670. The molecule has 0 aromatic rings. The number of hydrogen-bond acceptors (Lipinski definition) is 3. The van der Waals surface area contributed by atoms with Crippen molar-refractivity contribution < 1.29 is 19.4 Å². The van der Waals surface area contributed by atoms with Crippen LogP contribution in [0.4, 0.5) is 0 Å². The smallest absolute Gasteiger partial charge is 0.306 e. The fraction of sp³-hybridized carbons (Fsp3) is 0.938. The van der Waals surface area contributed by atoms with Crippen LogP contribution in [0.2, 0.25) is 0 Å². The molecule has 1 N–H and O–H groups in total. The van der Waals surface area contributed by atoms with Gasteiger partial charge in [-0.3, -0.25) is 9.59 Å². The Morgan fingerprint density at radius 1 is 0.528 bits per heavy atom. The number of carboxylic acids is 1. The van der Waals surface area contributed by atoms with Crippen LogP contribution in [0.25, 0.3) is 0 Å². The monoisotopic (exact) mass is 510 g/mol. The zero-order chi connectivity index (χ0) is 26.5. The van der Waals surface area contributed by atoms with Gasteiger partial charge in [-0.25, -0.2) is 0 Å². The van der Waals surface area contributed by atoms with Gasteiger partial charge < -0.3 is 9.84 Å². The number of aliphatic carboxylic acids is 1. The second-order valence-corrected chi connectivity index (χ2v) is 11.1. The fourth-order valence-electron chi connectivity index (χ4n) is 4.93. The first-order valence-corrected chi connectivity index (χ1v) is 16.0. The van der Waals surface area contributed by atoms with E-state index in [-0.39, 0.29) is 12.1 Å². The van der Waals surface area contributed by atoms with Crippen molar-refractivity contribution in [2.45, 2.75) is 193 Å². The molecule has 0 saturated carbocycles. The first-order chi connectivity index (χ1) is 17.6. The molecule has 4 nitrogen and oxygen atoms in total. The van der Waals surface area contributed by atoms with Crippen LogP contribution in [-0.4, -0.2) is 23.1 Å². The van der Waals surface area contributed by atoms with Crippen LogP contribution in [0.15, 0.2) is 0 Å². The molecule has 0 fully saturated rings. The molecule has 0 heterocycles. The summed E-state index contributed by atoms with van der Waals surface area (Å²) < 4.78 is 5.60. The molecule has 4 heteroatoms. The Balaban J connectivity index is 3.29. The number of carboxylic acid groups (broad SMARTS) is 1. The molecule has 0 aromatic carbocycles. The van der Waals surface area contributed by atoms with E-state index in [0.29, 0.717) is 12.8 Å². The van der Waals surface area contributed by atoms with Crippen molar-refractivity contribution in [3.63, 3.8) is 0 Å². The lowest BCUT2D eigenvalue weighted by molar-refractivity contribution is -0.148. The lowest BCUT2D eigenvalue weighted by Gasteiger charge is -2.13. The summed E-state index contributed by atoms with van der Waals surface area (Å²) in [6, 6.07) is 0.